The molecule has 0 aromatic heterocycles. The third-order valence-electron chi connectivity index (χ3n) is 9.88. The summed E-state index contributed by atoms with van der Waals surface area (Å²) in [5, 5.41) is 16.2. The number of amides is 2. The third kappa shape index (κ3) is 4.35. The number of fused-ring (bicyclic) bond motifs is 7. The van der Waals surface area contributed by atoms with Gasteiger partial charge in [-0.3, -0.25) is 19.2 Å². The van der Waals surface area contributed by atoms with Crippen LogP contribution in [0.15, 0.2) is 35.6 Å². The number of aliphatic hydroxyl groups excluding tert-OH is 1. The normalized spacial score (nSPS) is 41.1. The van der Waals surface area contributed by atoms with Crippen molar-refractivity contribution in [1.82, 2.24) is 10.6 Å². The van der Waals surface area contributed by atoms with Gasteiger partial charge in [0.2, 0.25) is 5.91 Å². The molecule has 7 heteroatoms. The maximum Gasteiger partial charge on any atom is 0.259 e. The van der Waals surface area contributed by atoms with E-state index in [0.29, 0.717) is 61.7 Å². The zero-order valence-corrected chi connectivity index (χ0v) is 21.2. The van der Waals surface area contributed by atoms with Crippen molar-refractivity contribution in [3.8, 4) is 0 Å². The Kier molecular flexibility index (Phi) is 6.92. The minimum atomic E-state index is -0.694. The number of ketones is 2. The molecule has 36 heavy (non-hydrogen) atoms. The second kappa shape index (κ2) is 9.98. The number of Topliss-reactive ketones (excluding diaryl/α,β-unsaturated/α-hetero) is 2. The number of carbonyl (C=O) groups excluding carboxylic acids is 4. The van der Waals surface area contributed by atoms with Gasteiger partial charge in [0.05, 0.1) is 6.04 Å². The molecule has 194 valence electrons. The predicted octanol–water partition coefficient (Wildman–Crippen LogP) is 3.42. The fourth-order valence-electron chi connectivity index (χ4n) is 8.22. The van der Waals surface area contributed by atoms with Crippen LogP contribution in [0.1, 0.15) is 58.8 Å². The number of rotatable bonds is 1. The van der Waals surface area contributed by atoms with Crippen molar-refractivity contribution < 1.29 is 24.3 Å². The van der Waals surface area contributed by atoms with Gasteiger partial charge in [0.25, 0.3) is 5.91 Å². The number of nitrogens with one attached hydrogen (secondary N) is 2. The van der Waals surface area contributed by atoms with Crippen molar-refractivity contribution in [3.05, 3.63) is 35.6 Å². The molecular formula is C29H38N2O5. The highest BCUT2D eigenvalue weighted by Crippen LogP contribution is 2.61. The molecule has 3 aliphatic carbocycles. The Morgan fingerprint density at radius 3 is 2.67 bits per heavy atom. The number of allylic oxidation sites excluding steroid dienone is 3. The molecule has 9 unspecified atom stereocenters. The summed E-state index contributed by atoms with van der Waals surface area (Å²) in [6.45, 7) is 4.98. The lowest BCUT2D eigenvalue weighted by molar-refractivity contribution is -0.131. The Morgan fingerprint density at radius 1 is 1.08 bits per heavy atom. The van der Waals surface area contributed by atoms with Gasteiger partial charge >= 0.3 is 0 Å². The Morgan fingerprint density at radius 2 is 1.89 bits per heavy atom. The minimum absolute atomic E-state index is 0.0684. The van der Waals surface area contributed by atoms with Gasteiger partial charge in [-0.1, -0.05) is 32.4 Å². The van der Waals surface area contributed by atoms with Crippen LogP contribution in [0.5, 0.6) is 0 Å². The van der Waals surface area contributed by atoms with E-state index in [2.05, 4.69) is 24.5 Å². The van der Waals surface area contributed by atoms with E-state index in [-0.39, 0.29) is 40.9 Å². The summed E-state index contributed by atoms with van der Waals surface area (Å²) < 4.78 is 0. The van der Waals surface area contributed by atoms with Crippen molar-refractivity contribution in [2.24, 2.45) is 47.3 Å². The lowest BCUT2D eigenvalue weighted by atomic mass is 9.63. The predicted molar refractivity (Wildman–Crippen MR) is 134 cm³/mol. The van der Waals surface area contributed by atoms with Crippen molar-refractivity contribution in [2.45, 2.75) is 64.8 Å². The van der Waals surface area contributed by atoms with Gasteiger partial charge in [-0.2, -0.15) is 0 Å². The molecule has 1 saturated heterocycles. The summed E-state index contributed by atoms with van der Waals surface area (Å²) in [4.78, 5) is 51.1. The van der Waals surface area contributed by atoms with E-state index >= 15 is 0 Å². The highest BCUT2D eigenvalue weighted by molar-refractivity contribution is 6.27. The average molecular weight is 495 g/mol. The molecule has 2 amide bonds. The van der Waals surface area contributed by atoms with Crippen LogP contribution in [0.3, 0.4) is 0 Å². The van der Waals surface area contributed by atoms with E-state index in [1.807, 2.05) is 12.2 Å². The number of aliphatic hydroxyl groups is 1. The van der Waals surface area contributed by atoms with E-state index in [9.17, 15) is 24.3 Å². The first kappa shape index (κ1) is 25.0. The van der Waals surface area contributed by atoms with E-state index in [1.165, 1.54) is 12.5 Å². The third-order valence-corrected chi connectivity index (χ3v) is 9.88. The van der Waals surface area contributed by atoms with Gasteiger partial charge in [0.15, 0.2) is 5.78 Å². The number of carbonyl (C=O) groups is 4. The first-order valence-corrected chi connectivity index (χ1v) is 13.7. The summed E-state index contributed by atoms with van der Waals surface area (Å²) in [6, 6.07) is -0.694. The van der Waals surface area contributed by atoms with Crippen molar-refractivity contribution in [1.29, 1.82) is 0 Å². The zero-order chi connectivity index (χ0) is 25.6. The molecular weight excluding hydrogens is 456 g/mol. The summed E-state index contributed by atoms with van der Waals surface area (Å²) in [5.74, 6) is 1.45. The van der Waals surface area contributed by atoms with Gasteiger partial charge in [-0.05, 0) is 85.7 Å². The lowest BCUT2D eigenvalue weighted by Gasteiger charge is -2.40. The van der Waals surface area contributed by atoms with Crippen LogP contribution in [-0.4, -0.2) is 41.1 Å². The quantitative estimate of drug-likeness (QED) is 0.484. The molecule has 0 spiro atoms. The van der Waals surface area contributed by atoms with Crippen LogP contribution in [0.2, 0.25) is 0 Å². The molecule has 3 N–H and O–H groups in total. The summed E-state index contributed by atoms with van der Waals surface area (Å²) in [5.41, 5.74) is -0.210. The molecule has 2 aliphatic heterocycles. The van der Waals surface area contributed by atoms with Gasteiger partial charge in [-0.25, -0.2) is 0 Å². The molecule has 0 aromatic carbocycles. The van der Waals surface area contributed by atoms with Crippen molar-refractivity contribution >= 4 is 23.4 Å². The van der Waals surface area contributed by atoms with Crippen LogP contribution in [0.25, 0.3) is 0 Å². The van der Waals surface area contributed by atoms with E-state index in [1.54, 1.807) is 6.08 Å². The van der Waals surface area contributed by atoms with E-state index in [4.69, 9.17) is 0 Å². The highest BCUT2D eigenvalue weighted by atomic mass is 16.3. The molecule has 2 bridgehead atoms. The van der Waals surface area contributed by atoms with Gasteiger partial charge < -0.3 is 15.7 Å². The second-order valence-electron chi connectivity index (χ2n) is 11.6. The maximum atomic E-state index is 13.5. The molecule has 0 radical (unpaired) electrons. The minimum Gasteiger partial charge on any atom is -0.507 e. The van der Waals surface area contributed by atoms with Crippen LogP contribution in [-0.2, 0) is 19.2 Å². The monoisotopic (exact) mass is 494 g/mol. The Hall–Kier alpha value is -2.70. The topological polar surface area (TPSA) is 113 Å². The lowest BCUT2D eigenvalue weighted by Crippen LogP contribution is -2.41. The van der Waals surface area contributed by atoms with Gasteiger partial charge in [-0.15, -0.1) is 0 Å². The molecule has 5 aliphatic rings. The fourth-order valence-corrected chi connectivity index (χ4v) is 8.22. The van der Waals surface area contributed by atoms with E-state index < -0.39 is 17.7 Å². The molecule has 9 atom stereocenters. The Labute approximate surface area is 212 Å². The van der Waals surface area contributed by atoms with Crippen molar-refractivity contribution in [2.75, 3.05) is 6.54 Å². The van der Waals surface area contributed by atoms with Crippen LogP contribution >= 0.6 is 0 Å². The first-order chi connectivity index (χ1) is 17.3. The molecule has 5 rings (SSSR count). The SMILES string of the molecule is CCC1CC2CC3C4CC=CC(=O)NCCCC5NC(=O)C(=C(O)C=CC4CC(=O)C3C2C1C)C5=O. The largest absolute Gasteiger partial charge is 0.507 e. The number of hydrogen-bond donors (Lipinski definition) is 3. The van der Waals surface area contributed by atoms with Crippen LogP contribution in [0.4, 0.5) is 0 Å². The highest BCUT2D eigenvalue weighted by Gasteiger charge is 2.58. The molecule has 4 fully saturated rings. The number of hydrogen-bond acceptors (Lipinski definition) is 5. The Bertz CT molecular complexity index is 1040. The standard InChI is InChI=1S/C29H38N2O5/c1-3-16-12-18-13-20-19-6-4-8-24(34)30-11-5-7-21-28(35)27(29(36)31-21)22(32)10-9-17(19)14-23(33)26(20)25(18)15(16)2/h4,8-10,15-21,25-26,32H,3,5-7,11-14H2,1-2H3,(H,30,34)(H,31,36). The molecule has 3 saturated carbocycles. The fraction of sp³-hybridized carbons (Fsp3) is 0.655. The summed E-state index contributed by atoms with van der Waals surface area (Å²) >= 11 is 0. The summed E-state index contributed by atoms with van der Waals surface area (Å²) in [7, 11) is 0. The zero-order valence-electron chi connectivity index (χ0n) is 21.2. The molecule has 7 nitrogen and oxygen atoms in total. The van der Waals surface area contributed by atoms with Gasteiger partial charge in [0.1, 0.15) is 17.1 Å². The second-order valence-corrected chi connectivity index (χ2v) is 11.6. The maximum absolute atomic E-state index is 13.5. The molecule has 2 heterocycles. The van der Waals surface area contributed by atoms with E-state index in [0.717, 1.165) is 12.8 Å². The van der Waals surface area contributed by atoms with Crippen LogP contribution < -0.4 is 10.6 Å². The molecule has 0 aromatic rings. The first-order valence-electron chi connectivity index (χ1n) is 13.7. The van der Waals surface area contributed by atoms with Crippen molar-refractivity contribution in [3.63, 3.8) is 0 Å². The smallest absolute Gasteiger partial charge is 0.259 e. The Balaban J connectivity index is 1.46. The van der Waals surface area contributed by atoms with Gasteiger partial charge in [0, 0.05) is 18.9 Å². The average Bonchev–Trinajstić information content (AvgIpc) is 3.46. The summed E-state index contributed by atoms with van der Waals surface area (Å²) in [6.07, 6.45) is 12.2. The van der Waals surface area contributed by atoms with Crippen LogP contribution in [0, 0.1) is 47.3 Å².